The number of hydrogen-bond donors (Lipinski definition) is 3. The molecule has 6 heteroatoms. The van der Waals surface area contributed by atoms with Gasteiger partial charge in [0.05, 0.1) is 10.6 Å². The molecule has 1 aromatic rings. The molecule has 2 amide bonds. The van der Waals surface area contributed by atoms with Crippen molar-refractivity contribution in [3.05, 3.63) is 28.8 Å². The van der Waals surface area contributed by atoms with E-state index in [1.54, 1.807) is 25.1 Å². The maximum absolute atomic E-state index is 12.1. The second-order valence-corrected chi connectivity index (χ2v) is 6.05. The van der Waals surface area contributed by atoms with Gasteiger partial charge in [-0.1, -0.05) is 17.7 Å². The lowest BCUT2D eigenvalue weighted by Gasteiger charge is -2.23. The van der Waals surface area contributed by atoms with Crippen molar-refractivity contribution < 1.29 is 9.59 Å². The van der Waals surface area contributed by atoms with Crippen molar-refractivity contribution in [2.45, 2.75) is 39.3 Å². The average molecular weight is 298 g/mol. The van der Waals surface area contributed by atoms with Gasteiger partial charge in [-0.15, -0.1) is 0 Å². The maximum Gasteiger partial charge on any atom is 0.255 e. The lowest BCUT2D eigenvalue weighted by Crippen LogP contribution is -2.50. The molecule has 1 atom stereocenters. The largest absolute Gasteiger partial charge is 0.398 e. The third-order valence-corrected chi connectivity index (χ3v) is 2.83. The van der Waals surface area contributed by atoms with E-state index < -0.39 is 11.9 Å². The topological polar surface area (TPSA) is 84.2 Å². The minimum atomic E-state index is -0.683. The summed E-state index contributed by atoms with van der Waals surface area (Å²) in [5, 5.41) is 5.63. The van der Waals surface area contributed by atoms with Gasteiger partial charge in [-0.25, -0.2) is 0 Å². The molecule has 1 unspecified atom stereocenters. The van der Waals surface area contributed by atoms with Crippen LogP contribution in [0.3, 0.4) is 0 Å². The quantitative estimate of drug-likeness (QED) is 0.746. The molecule has 20 heavy (non-hydrogen) atoms. The summed E-state index contributed by atoms with van der Waals surface area (Å²) in [5.41, 5.74) is 5.83. The summed E-state index contributed by atoms with van der Waals surface area (Å²) in [4.78, 5) is 24.0. The van der Waals surface area contributed by atoms with Crippen molar-refractivity contribution >= 4 is 29.1 Å². The number of nitrogen functional groups attached to an aromatic ring is 1. The fraction of sp³-hybridized carbons (Fsp3) is 0.429. The Morgan fingerprint density at radius 3 is 2.40 bits per heavy atom. The summed E-state index contributed by atoms with van der Waals surface area (Å²) in [6, 6.07) is 4.13. The number of carbonyl (C=O) groups excluding carboxylic acids is 2. The van der Waals surface area contributed by atoms with E-state index in [0.717, 1.165) is 0 Å². The molecular formula is C14H20ClN3O2. The van der Waals surface area contributed by atoms with E-state index in [1.807, 2.05) is 20.8 Å². The Labute approximate surface area is 123 Å². The van der Waals surface area contributed by atoms with Crippen LogP contribution in [0.2, 0.25) is 5.02 Å². The molecule has 0 bridgehead atoms. The van der Waals surface area contributed by atoms with Crippen molar-refractivity contribution in [2.75, 3.05) is 5.73 Å². The predicted molar refractivity (Wildman–Crippen MR) is 80.7 cm³/mol. The third-order valence-electron chi connectivity index (χ3n) is 2.51. The molecule has 0 saturated carbocycles. The first-order valence-electron chi connectivity index (χ1n) is 6.28. The van der Waals surface area contributed by atoms with Gasteiger partial charge in [0.1, 0.15) is 6.04 Å². The number of nitrogens with one attached hydrogen (secondary N) is 2. The molecule has 0 aliphatic rings. The van der Waals surface area contributed by atoms with E-state index in [1.165, 1.54) is 0 Å². The van der Waals surface area contributed by atoms with E-state index in [-0.39, 0.29) is 27.7 Å². The molecule has 0 aliphatic heterocycles. The van der Waals surface area contributed by atoms with Crippen LogP contribution in [-0.4, -0.2) is 23.4 Å². The maximum atomic E-state index is 12.1. The molecule has 110 valence electrons. The number of carbonyl (C=O) groups is 2. The van der Waals surface area contributed by atoms with Gasteiger partial charge in [0.2, 0.25) is 5.91 Å². The Morgan fingerprint density at radius 1 is 1.30 bits per heavy atom. The van der Waals surface area contributed by atoms with Crippen LogP contribution in [0.25, 0.3) is 0 Å². The van der Waals surface area contributed by atoms with Crippen LogP contribution in [0.5, 0.6) is 0 Å². The van der Waals surface area contributed by atoms with Crippen LogP contribution in [0, 0.1) is 0 Å². The van der Waals surface area contributed by atoms with Crippen LogP contribution in [0.4, 0.5) is 5.69 Å². The first-order valence-corrected chi connectivity index (χ1v) is 6.66. The van der Waals surface area contributed by atoms with Crippen LogP contribution in [0.1, 0.15) is 38.1 Å². The van der Waals surface area contributed by atoms with E-state index >= 15 is 0 Å². The molecule has 0 heterocycles. The minimum Gasteiger partial charge on any atom is -0.398 e. The highest BCUT2D eigenvalue weighted by atomic mass is 35.5. The summed E-state index contributed by atoms with van der Waals surface area (Å²) in [6.45, 7) is 7.20. The summed E-state index contributed by atoms with van der Waals surface area (Å²) in [7, 11) is 0. The number of nitrogens with two attached hydrogens (primary N) is 1. The Morgan fingerprint density at radius 2 is 1.90 bits per heavy atom. The highest BCUT2D eigenvalue weighted by Crippen LogP contribution is 2.21. The molecule has 0 spiro atoms. The monoisotopic (exact) mass is 297 g/mol. The van der Waals surface area contributed by atoms with Crippen molar-refractivity contribution in [3.8, 4) is 0 Å². The van der Waals surface area contributed by atoms with Crippen molar-refractivity contribution in [2.24, 2.45) is 0 Å². The molecule has 5 nitrogen and oxygen atoms in total. The molecule has 4 N–H and O–H groups in total. The smallest absolute Gasteiger partial charge is 0.255 e. The first kappa shape index (κ1) is 16.3. The summed E-state index contributed by atoms with van der Waals surface area (Å²) in [5.74, 6) is -0.735. The van der Waals surface area contributed by atoms with Crippen LogP contribution in [-0.2, 0) is 4.79 Å². The number of halogens is 1. The van der Waals surface area contributed by atoms with Gasteiger partial charge in [0.25, 0.3) is 5.91 Å². The molecule has 0 fully saturated rings. The number of hydrogen-bond acceptors (Lipinski definition) is 3. The van der Waals surface area contributed by atoms with Gasteiger partial charge < -0.3 is 16.4 Å². The SMILES string of the molecule is CC(NC(=O)c1c(N)cccc1Cl)C(=O)NC(C)(C)C. The highest BCUT2D eigenvalue weighted by Gasteiger charge is 2.22. The molecule has 0 radical (unpaired) electrons. The summed E-state index contributed by atoms with van der Waals surface area (Å²) < 4.78 is 0. The second-order valence-electron chi connectivity index (χ2n) is 5.64. The zero-order valence-corrected chi connectivity index (χ0v) is 12.8. The zero-order valence-electron chi connectivity index (χ0n) is 12.1. The number of benzene rings is 1. The second kappa shape index (κ2) is 6.13. The Hall–Kier alpha value is -1.75. The number of rotatable bonds is 3. The normalized spacial score (nSPS) is 12.7. The molecule has 0 aliphatic carbocycles. The fourth-order valence-corrected chi connectivity index (χ4v) is 1.86. The summed E-state index contributed by atoms with van der Waals surface area (Å²) in [6.07, 6.45) is 0. The predicted octanol–water partition coefficient (Wildman–Crippen LogP) is 1.96. The third kappa shape index (κ3) is 4.42. The minimum absolute atomic E-state index is 0.185. The lowest BCUT2D eigenvalue weighted by atomic mass is 10.1. The van der Waals surface area contributed by atoms with Gasteiger partial charge >= 0.3 is 0 Å². The van der Waals surface area contributed by atoms with Crippen molar-refractivity contribution in [1.82, 2.24) is 10.6 Å². The molecule has 0 saturated heterocycles. The molecule has 0 aromatic heterocycles. The highest BCUT2D eigenvalue weighted by molar-refractivity contribution is 6.34. The molecule has 1 rings (SSSR count). The van der Waals surface area contributed by atoms with Gasteiger partial charge in [0.15, 0.2) is 0 Å². The van der Waals surface area contributed by atoms with Crippen LogP contribution < -0.4 is 16.4 Å². The van der Waals surface area contributed by atoms with E-state index in [0.29, 0.717) is 0 Å². The van der Waals surface area contributed by atoms with Crippen molar-refractivity contribution in [3.63, 3.8) is 0 Å². The lowest BCUT2D eigenvalue weighted by molar-refractivity contribution is -0.124. The summed E-state index contributed by atoms with van der Waals surface area (Å²) >= 11 is 5.95. The molecular weight excluding hydrogens is 278 g/mol. The molecule has 1 aromatic carbocycles. The standard InChI is InChI=1S/C14H20ClN3O2/c1-8(12(19)18-14(2,3)4)17-13(20)11-9(15)6-5-7-10(11)16/h5-8H,16H2,1-4H3,(H,17,20)(H,18,19). The van der Waals surface area contributed by atoms with E-state index in [4.69, 9.17) is 17.3 Å². The Bertz CT molecular complexity index is 503. The van der Waals surface area contributed by atoms with Gasteiger partial charge in [0, 0.05) is 11.2 Å². The van der Waals surface area contributed by atoms with Crippen molar-refractivity contribution in [1.29, 1.82) is 0 Å². The fourth-order valence-electron chi connectivity index (χ4n) is 1.59. The number of amides is 2. The van der Waals surface area contributed by atoms with E-state index in [9.17, 15) is 9.59 Å². The zero-order chi connectivity index (χ0) is 15.5. The number of anilines is 1. The Kier molecular flexibility index (Phi) is 5.00. The average Bonchev–Trinajstić information content (AvgIpc) is 2.26. The van der Waals surface area contributed by atoms with Gasteiger partial charge in [-0.3, -0.25) is 9.59 Å². The van der Waals surface area contributed by atoms with Crippen LogP contribution in [0.15, 0.2) is 18.2 Å². The Balaban J connectivity index is 2.78. The first-order chi connectivity index (χ1) is 9.11. The van der Waals surface area contributed by atoms with E-state index in [2.05, 4.69) is 10.6 Å². The van der Waals surface area contributed by atoms with Gasteiger partial charge in [-0.2, -0.15) is 0 Å². The van der Waals surface area contributed by atoms with Crippen LogP contribution >= 0.6 is 11.6 Å². The van der Waals surface area contributed by atoms with Gasteiger partial charge in [-0.05, 0) is 39.8 Å².